The summed E-state index contributed by atoms with van der Waals surface area (Å²) in [5.41, 5.74) is -0.320. The van der Waals surface area contributed by atoms with Crippen LogP contribution in [-0.4, -0.2) is 79.7 Å². The van der Waals surface area contributed by atoms with Crippen LogP contribution in [0.15, 0.2) is 219 Å². The van der Waals surface area contributed by atoms with E-state index in [4.69, 9.17) is 9.97 Å². The predicted octanol–water partition coefficient (Wildman–Crippen LogP) is 24.2. The van der Waals surface area contributed by atoms with Gasteiger partial charge < -0.3 is 69.8 Å². The summed E-state index contributed by atoms with van der Waals surface area (Å²) in [4.78, 5) is 64.3. The van der Waals surface area contributed by atoms with E-state index in [1.54, 1.807) is 86.6 Å². The van der Waals surface area contributed by atoms with Crippen LogP contribution in [0.2, 0.25) is 0 Å². The Morgan fingerprint density at radius 2 is 0.403 bits per heavy atom. The molecule has 0 bridgehead atoms. The fourth-order valence-corrected chi connectivity index (χ4v) is 14.1. The van der Waals surface area contributed by atoms with Crippen molar-refractivity contribution in [1.29, 1.82) is 0 Å². The molecular formula is C104H60F20N16Pt4. The van der Waals surface area contributed by atoms with E-state index >= 15 is 8.78 Å². The van der Waals surface area contributed by atoms with Gasteiger partial charge >= 0.3 is 84.3 Å². The Hall–Kier alpha value is -13.8. The monoisotopic (exact) mass is 2690 g/mol. The van der Waals surface area contributed by atoms with Crippen molar-refractivity contribution in [2.75, 3.05) is 0 Å². The molecule has 40 heteroatoms. The molecule has 0 spiro atoms. The van der Waals surface area contributed by atoms with Crippen LogP contribution in [-0.2, 0) is 106 Å². The van der Waals surface area contributed by atoms with Crippen LogP contribution in [0.25, 0.3) is 113 Å². The molecule has 0 amide bonds. The van der Waals surface area contributed by atoms with Gasteiger partial charge in [0.15, 0.2) is 46.5 Å². The maximum absolute atomic E-state index is 15.2. The first-order chi connectivity index (χ1) is 66.7. The molecule has 0 aliphatic rings. The first kappa shape index (κ1) is 111. The van der Waals surface area contributed by atoms with Crippen LogP contribution in [0, 0.1) is 166 Å². The van der Waals surface area contributed by atoms with Crippen LogP contribution in [0.4, 0.5) is 87.8 Å². The molecule has 0 aliphatic carbocycles. The summed E-state index contributed by atoms with van der Waals surface area (Å²) in [5, 5.41) is 0. The Morgan fingerprint density at radius 3 is 0.625 bits per heavy atom. The largest absolute Gasteiger partial charge is 2.00 e. The van der Waals surface area contributed by atoms with Gasteiger partial charge in [0.25, 0.3) is 0 Å². The van der Waals surface area contributed by atoms with Gasteiger partial charge in [-0.15, -0.1) is 83.9 Å². The molecule has 16 aromatic heterocycles. The van der Waals surface area contributed by atoms with Crippen LogP contribution >= 0.6 is 0 Å². The number of rotatable bonds is 18. The average molecular weight is 2690 g/mol. The Balaban J connectivity index is 0.000000187. The molecule has 736 valence electrons. The van der Waals surface area contributed by atoms with Gasteiger partial charge in [-0.25, -0.2) is 87.8 Å². The van der Waals surface area contributed by atoms with Crippen molar-refractivity contribution in [2.24, 2.45) is 0 Å². The number of pyridine rings is 16. The second-order valence-corrected chi connectivity index (χ2v) is 32.4. The molecular weight excluding hydrogens is 2630 g/mol. The van der Waals surface area contributed by atoms with Gasteiger partial charge in [-0.3, -0.25) is 9.97 Å². The standard InChI is InChI=1S/C35H14F12N4.C23H14F4N4.2C23H16F2N4.4Pt/c1-35(2,19-7-3-5-15(48-19)13-9-11-17(50-33(13)46)21-23(36)27(40)31(44)28(41)24(21)37)20-8-4-6-16(49-20)14-10-12-18(51-34(14)47)22-25(38)29(42)32(45)30(43)26(22)39;1-23(2,17-7-3-5-15(28-17)13-9-11-19(24)30-21(13)26)18-8-4-6-16(29-18)14-10-12-20(25)31-22(14)27;1-23(2,19-11-3-9-17(28-19)15-7-5-13-26-21(15)24)20-12-4-10-18(29-20)16-8-6-14-27-22(16)25;1-23(2,19-7-3-5-17(28-19)15-9-11-21(24)26-13-15)20-8-4-6-18(29-20)16-10-12-22(25)27-14-16;;;;/h3-8,11-12H,1-2H3;3-8,11-12H,1-2H3;3-6,9-14H,1-2H3;3-8,11-14H,1-2H3;;;;/q4*-2;4*+2. The number of halogens is 20. The minimum Gasteiger partial charge on any atom is -0.326 e. The molecule has 18 aromatic rings. The summed E-state index contributed by atoms with van der Waals surface area (Å²) in [6.07, 6.45) is 5.50. The molecule has 144 heavy (non-hydrogen) atoms. The van der Waals surface area contributed by atoms with E-state index in [0.29, 0.717) is 56.7 Å². The first-order valence-electron chi connectivity index (χ1n) is 41.3. The van der Waals surface area contributed by atoms with Gasteiger partial charge in [-0.05, 0) is 161 Å². The van der Waals surface area contributed by atoms with Gasteiger partial charge in [-0.2, -0.15) is 0 Å². The third-order valence-electron chi connectivity index (χ3n) is 21.9. The molecule has 0 saturated carbocycles. The summed E-state index contributed by atoms with van der Waals surface area (Å²) in [5.74, 6) is -31.9. The quantitative estimate of drug-likeness (QED) is 0.0257. The third-order valence-corrected chi connectivity index (χ3v) is 21.9. The molecule has 0 radical (unpaired) electrons. The van der Waals surface area contributed by atoms with Crippen LogP contribution in [0.1, 0.15) is 101 Å². The van der Waals surface area contributed by atoms with Gasteiger partial charge in [0.05, 0.1) is 0 Å². The topological polar surface area (TPSA) is 206 Å². The van der Waals surface area contributed by atoms with Gasteiger partial charge in [0.2, 0.25) is 11.6 Å². The molecule has 0 saturated heterocycles. The van der Waals surface area contributed by atoms with E-state index in [1.165, 1.54) is 73.3 Å². The van der Waals surface area contributed by atoms with E-state index in [-0.39, 0.29) is 141 Å². The Morgan fingerprint density at radius 1 is 0.194 bits per heavy atom. The second kappa shape index (κ2) is 46.3. The molecule has 0 atom stereocenters. The van der Waals surface area contributed by atoms with E-state index in [0.717, 1.165) is 35.7 Å². The molecule has 18 rings (SSSR count). The number of benzene rings is 2. The van der Waals surface area contributed by atoms with Gasteiger partial charge in [0.1, 0.15) is 59.5 Å². The Labute approximate surface area is 865 Å². The van der Waals surface area contributed by atoms with Gasteiger partial charge in [-0.1, -0.05) is 179 Å². The maximum Gasteiger partial charge on any atom is 2.00 e. The van der Waals surface area contributed by atoms with Crippen molar-refractivity contribution >= 4 is 0 Å². The van der Waals surface area contributed by atoms with Crippen molar-refractivity contribution in [2.45, 2.75) is 77.0 Å². The molecule has 0 unspecified atom stereocenters. The summed E-state index contributed by atoms with van der Waals surface area (Å²) < 4.78 is 278. The minimum atomic E-state index is -2.40. The number of hydrogen-bond donors (Lipinski definition) is 0. The molecule has 2 aromatic carbocycles. The zero-order valence-corrected chi connectivity index (χ0v) is 83.9. The minimum absolute atomic E-state index is 0. The van der Waals surface area contributed by atoms with Gasteiger partial charge in [0, 0.05) is 78.3 Å². The molecule has 0 fully saturated rings. The Bertz CT molecular complexity index is 7280. The molecule has 0 N–H and O–H groups in total. The first-order valence-corrected chi connectivity index (χ1v) is 41.3. The van der Waals surface area contributed by atoms with Crippen molar-refractivity contribution in [3.63, 3.8) is 0 Å². The van der Waals surface area contributed by atoms with Crippen molar-refractivity contribution in [3.05, 3.63) is 431 Å². The maximum atomic E-state index is 15.2. The molecule has 16 nitrogen and oxygen atoms in total. The number of hydrogen-bond acceptors (Lipinski definition) is 16. The zero-order chi connectivity index (χ0) is 100. The summed E-state index contributed by atoms with van der Waals surface area (Å²) >= 11 is 0. The smallest absolute Gasteiger partial charge is 0.326 e. The SMILES string of the molecule is CC(C)(c1cccc(-c2[c-]cc(-c3c(F)c(F)c(F)c(F)c3F)nc2F)n1)c1cccc(-c2[c-]cc(-c3c(F)c(F)c(F)c(F)c3F)nc2F)n1.CC(C)(c1cccc(-c2[c-]cc(F)nc2)n1)c1cccc(-c2[c-]cc(F)nc2)n1.CC(C)(c1cccc(-c2[c-]cc(F)nc2F)n1)c1cccc(-c2[c-]cc(F)nc2F)n1.CC(C)(c1cccc(-c2[c-]ccnc2F)n1)c1cccc(-c2[c-]ccnc2F)n1.[Pt+2].[Pt+2].[Pt+2].[Pt+2]. The third kappa shape index (κ3) is 23.6. The zero-order valence-electron chi connectivity index (χ0n) is 74.8. The van der Waals surface area contributed by atoms with Crippen molar-refractivity contribution in [1.82, 2.24) is 79.7 Å². The second-order valence-electron chi connectivity index (χ2n) is 32.4. The van der Waals surface area contributed by atoms with Crippen LogP contribution in [0.3, 0.4) is 0 Å². The average Bonchev–Trinajstić information content (AvgIpc) is 0.764. The Kier molecular flexibility index (Phi) is 35.5. The summed E-state index contributed by atoms with van der Waals surface area (Å²) in [6.45, 7) is 14.9. The van der Waals surface area contributed by atoms with E-state index in [2.05, 4.69) is 118 Å². The fourth-order valence-electron chi connectivity index (χ4n) is 14.1. The predicted molar refractivity (Wildman–Crippen MR) is 469 cm³/mol. The van der Waals surface area contributed by atoms with Crippen LogP contribution in [0.5, 0.6) is 0 Å². The number of nitrogens with zero attached hydrogens (tertiary/aromatic N) is 16. The summed E-state index contributed by atoms with van der Waals surface area (Å²) in [7, 11) is 0. The van der Waals surface area contributed by atoms with E-state index in [9.17, 15) is 79.0 Å². The van der Waals surface area contributed by atoms with Crippen molar-refractivity contribution in [3.8, 4) is 113 Å². The van der Waals surface area contributed by atoms with E-state index < -0.39 is 173 Å². The molecule has 0 aliphatic heterocycles. The molecule has 16 heterocycles. The van der Waals surface area contributed by atoms with Crippen LogP contribution < -0.4 is 0 Å². The summed E-state index contributed by atoms with van der Waals surface area (Å²) in [6, 6.07) is 70.4. The fraction of sp³-hybridized carbons (Fsp3) is 0.115. The normalized spacial score (nSPS) is 11.2. The number of aromatic nitrogens is 16. The van der Waals surface area contributed by atoms with Crippen molar-refractivity contribution < 1.29 is 172 Å². The van der Waals surface area contributed by atoms with E-state index in [1.807, 2.05) is 90.1 Å².